The molecule has 1 aromatic rings. The van der Waals surface area contributed by atoms with Gasteiger partial charge in [-0.15, -0.1) is 0 Å². The fraction of sp³-hybridized carbons (Fsp3) is 0.533. The molecule has 1 aromatic carbocycles. The first-order chi connectivity index (χ1) is 9.06. The summed E-state index contributed by atoms with van der Waals surface area (Å²) in [6, 6.07) is 5.07. The van der Waals surface area contributed by atoms with Gasteiger partial charge in [0.25, 0.3) is 0 Å². The molecule has 2 N–H and O–H groups in total. The maximum Gasteiger partial charge on any atom is 0.133 e. The Morgan fingerprint density at radius 3 is 2.95 bits per heavy atom. The van der Waals surface area contributed by atoms with Crippen molar-refractivity contribution in [2.45, 2.75) is 32.7 Å². The maximum absolute atomic E-state index is 13.5. The molecule has 2 nitrogen and oxygen atoms in total. The number of hydrogen-bond acceptors (Lipinski definition) is 2. The normalized spacial score (nSPS) is 21.1. The molecule has 1 saturated heterocycles. The van der Waals surface area contributed by atoms with E-state index in [1.807, 2.05) is 6.07 Å². The summed E-state index contributed by atoms with van der Waals surface area (Å²) in [5, 5.41) is 0. The Balaban J connectivity index is 2.06. The van der Waals surface area contributed by atoms with E-state index >= 15 is 0 Å². The number of nitrogens with zero attached hydrogens (tertiary/aromatic N) is 1. The highest BCUT2D eigenvalue weighted by molar-refractivity contribution is 7.80. The second-order valence-corrected chi connectivity index (χ2v) is 5.93. The average Bonchev–Trinajstić information content (AvgIpc) is 2.56. The standard InChI is InChI=1S/C15H21FN2S/c1-11-3-2-7-18(8-6-11)10-12-4-5-14(16)13(9-12)15(17)19/h4-5,9,11H,2-3,6-8,10H2,1H3,(H2,17,19). The van der Waals surface area contributed by atoms with Gasteiger partial charge in [0.15, 0.2) is 0 Å². The van der Waals surface area contributed by atoms with Crippen molar-refractivity contribution in [3.05, 3.63) is 35.1 Å². The molecule has 0 spiro atoms. The summed E-state index contributed by atoms with van der Waals surface area (Å²) in [5.74, 6) is 0.478. The Hall–Kier alpha value is -1.00. The molecule has 19 heavy (non-hydrogen) atoms. The molecule has 4 heteroatoms. The topological polar surface area (TPSA) is 29.3 Å². The van der Waals surface area contributed by atoms with E-state index in [1.54, 1.807) is 6.07 Å². The molecule has 1 aliphatic rings. The van der Waals surface area contributed by atoms with Gasteiger partial charge in [0.1, 0.15) is 10.8 Å². The Kier molecular flexibility index (Phi) is 4.88. The predicted molar refractivity (Wildman–Crippen MR) is 80.6 cm³/mol. The van der Waals surface area contributed by atoms with E-state index in [0.717, 1.165) is 31.1 Å². The van der Waals surface area contributed by atoms with Crippen molar-refractivity contribution in [3.8, 4) is 0 Å². The summed E-state index contributed by atoms with van der Waals surface area (Å²) >= 11 is 4.87. The van der Waals surface area contributed by atoms with Gasteiger partial charge in [-0.3, -0.25) is 4.90 Å². The molecule has 1 unspecified atom stereocenters. The van der Waals surface area contributed by atoms with Crippen LogP contribution >= 0.6 is 12.2 Å². The lowest BCUT2D eigenvalue weighted by atomic mass is 10.0. The second kappa shape index (κ2) is 6.44. The number of likely N-dealkylation sites (tertiary alicyclic amines) is 1. The van der Waals surface area contributed by atoms with Crippen LogP contribution in [0.15, 0.2) is 18.2 Å². The van der Waals surface area contributed by atoms with E-state index in [9.17, 15) is 4.39 Å². The first-order valence-electron chi connectivity index (χ1n) is 6.87. The lowest BCUT2D eigenvalue weighted by Gasteiger charge is -2.20. The van der Waals surface area contributed by atoms with Gasteiger partial charge in [0.2, 0.25) is 0 Å². The van der Waals surface area contributed by atoms with Crippen molar-refractivity contribution in [1.82, 2.24) is 4.90 Å². The number of rotatable bonds is 3. The smallest absolute Gasteiger partial charge is 0.133 e. The summed E-state index contributed by atoms with van der Waals surface area (Å²) in [6.45, 7) is 5.39. The first kappa shape index (κ1) is 14.4. The van der Waals surface area contributed by atoms with Crippen LogP contribution in [0.4, 0.5) is 4.39 Å². The van der Waals surface area contributed by atoms with Gasteiger partial charge in [-0.2, -0.15) is 0 Å². The Morgan fingerprint density at radius 1 is 1.42 bits per heavy atom. The predicted octanol–water partition coefficient (Wildman–Crippen LogP) is 3.08. The lowest BCUT2D eigenvalue weighted by Crippen LogP contribution is -2.24. The SMILES string of the molecule is CC1CCCN(Cc2ccc(F)c(C(N)=S)c2)CC1. The second-order valence-electron chi connectivity index (χ2n) is 5.49. The summed E-state index contributed by atoms with van der Waals surface area (Å²) in [4.78, 5) is 2.56. The molecule has 0 radical (unpaired) electrons. The molecule has 0 bridgehead atoms. The van der Waals surface area contributed by atoms with Crippen molar-refractivity contribution >= 4 is 17.2 Å². The van der Waals surface area contributed by atoms with E-state index < -0.39 is 0 Å². The van der Waals surface area contributed by atoms with Crippen molar-refractivity contribution < 1.29 is 4.39 Å². The van der Waals surface area contributed by atoms with Crippen molar-refractivity contribution in [2.75, 3.05) is 13.1 Å². The third kappa shape index (κ3) is 3.98. The third-order valence-corrected chi connectivity index (χ3v) is 4.03. The quantitative estimate of drug-likeness (QED) is 0.863. The van der Waals surface area contributed by atoms with Gasteiger partial charge >= 0.3 is 0 Å². The molecule has 0 amide bonds. The molecule has 1 atom stereocenters. The first-order valence-corrected chi connectivity index (χ1v) is 7.27. The van der Waals surface area contributed by atoms with Gasteiger partial charge < -0.3 is 5.73 Å². The van der Waals surface area contributed by atoms with Gasteiger partial charge in [-0.05, 0) is 56.0 Å². The Morgan fingerprint density at radius 2 is 2.21 bits per heavy atom. The molecule has 0 aliphatic carbocycles. The summed E-state index contributed by atoms with van der Waals surface area (Å²) < 4.78 is 13.5. The summed E-state index contributed by atoms with van der Waals surface area (Å²) in [7, 11) is 0. The van der Waals surface area contributed by atoms with Crippen LogP contribution in [0.3, 0.4) is 0 Å². The van der Waals surface area contributed by atoms with E-state index in [-0.39, 0.29) is 10.8 Å². The van der Waals surface area contributed by atoms with Crippen LogP contribution in [0, 0.1) is 11.7 Å². The van der Waals surface area contributed by atoms with Gasteiger partial charge in [0.05, 0.1) is 0 Å². The van der Waals surface area contributed by atoms with Crippen molar-refractivity contribution in [2.24, 2.45) is 11.7 Å². The summed E-state index contributed by atoms with van der Waals surface area (Å²) in [5.41, 5.74) is 6.98. The van der Waals surface area contributed by atoms with Crippen LogP contribution < -0.4 is 5.73 Å². The number of thiocarbonyl (C=S) groups is 1. The van der Waals surface area contributed by atoms with Crippen LogP contribution in [-0.2, 0) is 6.54 Å². The van der Waals surface area contributed by atoms with Crippen molar-refractivity contribution in [3.63, 3.8) is 0 Å². The number of hydrogen-bond donors (Lipinski definition) is 1. The minimum Gasteiger partial charge on any atom is -0.389 e. The molecule has 1 heterocycles. The van der Waals surface area contributed by atoms with Gasteiger partial charge in [-0.25, -0.2) is 4.39 Å². The largest absolute Gasteiger partial charge is 0.389 e. The molecular weight excluding hydrogens is 259 g/mol. The van der Waals surface area contributed by atoms with Gasteiger partial charge in [-0.1, -0.05) is 25.2 Å². The fourth-order valence-corrected chi connectivity index (χ4v) is 2.75. The average molecular weight is 280 g/mol. The molecule has 0 aromatic heterocycles. The maximum atomic E-state index is 13.5. The molecule has 1 aliphatic heterocycles. The van der Waals surface area contributed by atoms with Crippen LogP contribution in [-0.4, -0.2) is 23.0 Å². The number of benzene rings is 1. The zero-order chi connectivity index (χ0) is 13.8. The zero-order valence-corrected chi connectivity index (χ0v) is 12.2. The summed E-state index contributed by atoms with van der Waals surface area (Å²) in [6.07, 6.45) is 3.78. The highest BCUT2D eigenvalue weighted by Crippen LogP contribution is 2.19. The molecular formula is C15H21FN2S. The lowest BCUT2D eigenvalue weighted by molar-refractivity contribution is 0.273. The van der Waals surface area contributed by atoms with E-state index in [0.29, 0.717) is 5.56 Å². The van der Waals surface area contributed by atoms with Crippen LogP contribution in [0.2, 0.25) is 0 Å². The van der Waals surface area contributed by atoms with Crippen molar-refractivity contribution in [1.29, 1.82) is 0 Å². The van der Waals surface area contributed by atoms with Crippen LogP contribution in [0.1, 0.15) is 37.3 Å². The highest BCUT2D eigenvalue weighted by atomic mass is 32.1. The Labute approximate surface area is 119 Å². The van der Waals surface area contributed by atoms with Crippen LogP contribution in [0.25, 0.3) is 0 Å². The number of nitrogens with two attached hydrogens (primary N) is 1. The molecule has 1 fully saturated rings. The monoisotopic (exact) mass is 280 g/mol. The minimum atomic E-state index is -0.333. The molecule has 0 saturated carbocycles. The zero-order valence-electron chi connectivity index (χ0n) is 11.4. The van der Waals surface area contributed by atoms with E-state index in [2.05, 4.69) is 11.8 Å². The van der Waals surface area contributed by atoms with E-state index in [1.165, 1.54) is 25.3 Å². The highest BCUT2D eigenvalue weighted by Gasteiger charge is 2.14. The molecule has 104 valence electrons. The fourth-order valence-electron chi connectivity index (χ4n) is 2.60. The van der Waals surface area contributed by atoms with Gasteiger partial charge in [0, 0.05) is 12.1 Å². The van der Waals surface area contributed by atoms with Crippen LogP contribution in [0.5, 0.6) is 0 Å². The van der Waals surface area contributed by atoms with E-state index in [4.69, 9.17) is 18.0 Å². The number of halogens is 1. The minimum absolute atomic E-state index is 0.129. The third-order valence-electron chi connectivity index (χ3n) is 3.81. The molecule has 2 rings (SSSR count). The Bertz CT molecular complexity index is 461.